The molecule has 0 aromatic carbocycles. The van der Waals surface area contributed by atoms with Gasteiger partial charge in [-0.1, -0.05) is 6.92 Å². The molecule has 13 heteroatoms. The van der Waals surface area contributed by atoms with Gasteiger partial charge < -0.3 is 14.0 Å². The highest BCUT2D eigenvalue weighted by Gasteiger charge is 2.40. The monoisotopic (exact) mass is 519 g/mol. The molecule has 5 rings (SSSR count). The van der Waals surface area contributed by atoms with Crippen molar-refractivity contribution in [3.05, 3.63) is 30.4 Å². The molecular formula is C22H31N6O5SSi+. The second-order valence-corrected chi connectivity index (χ2v) is 14.2. The summed E-state index contributed by atoms with van der Waals surface area (Å²) in [5.74, 6) is 0.323. The molecule has 3 atom stereocenters. The van der Waals surface area contributed by atoms with Gasteiger partial charge in [-0.15, -0.1) is 0 Å². The molecule has 1 amide bonds. The van der Waals surface area contributed by atoms with Crippen molar-refractivity contribution in [2.45, 2.75) is 57.6 Å². The molecule has 2 aliphatic rings. The van der Waals surface area contributed by atoms with Gasteiger partial charge in [0, 0.05) is 30.0 Å². The average Bonchev–Trinajstić information content (AvgIpc) is 3.56. The minimum absolute atomic E-state index is 0.0394. The maximum absolute atomic E-state index is 12.7. The van der Waals surface area contributed by atoms with Crippen LogP contribution in [0, 0.1) is 5.92 Å². The van der Waals surface area contributed by atoms with Gasteiger partial charge in [-0.3, -0.25) is 4.40 Å². The molecule has 2 fully saturated rings. The van der Waals surface area contributed by atoms with Crippen LogP contribution in [0.3, 0.4) is 0 Å². The molecule has 1 aliphatic carbocycles. The van der Waals surface area contributed by atoms with Gasteiger partial charge in [-0.05, 0) is 24.8 Å². The van der Waals surface area contributed by atoms with Crippen LogP contribution >= 0.6 is 0 Å². The lowest BCUT2D eigenvalue weighted by atomic mass is 9.95. The first-order valence-electron chi connectivity index (χ1n) is 11.9. The highest BCUT2D eigenvalue weighted by molar-refractivity contribution is 7.87. The molecule has 2 unspecified atom stereocenters. The predicted molar refractivity (Wildman–Crippen MR) is 132 cm³/mol. The molecule has 1 saturated carbocycles. The van der Waals surface area contributed by atoms with Crippen molar-refractivity contribution in [3.63, 3.8) is 0 Å². The van der Waals surface area contributed by atoms with Crippen LogP contribution in [-0.2, 0) is 26.4 Å². The number of fused-ring (bicyclic) bond motifs is 3. The number of cyclic esters (lactones) is 1. The number of nitrogens with one attached hydrogen (secondary N) is 1. The molecule has 11 nitrogen and oxygen atoms in total. The summed E-state index contributed by atoms with van der Waals surface area (Å²) in [6.45, 7) is 7.98. The average molecular weight is 520 g/mol. The van der Waals surface area contributed by atoms with Gasteiger partial charge in [0.15, 0.2) is 11.3 Å². The minimum atomic E-state index is -3.94. The standard InChI is InChI=1S/C22H31N6O5SSi/c1-15-10-16(25-34(30,31)27-6-7-33-22(27)29)11-17(15)19-12-23-20-13-24-21-18(28(19)20)4-5-26(21)14-32-8-9-35(2)3/h4-5,12-13,15-17,25H,6-11,14H2,1-3H3/q+1/t15?,16-,17?/m0/s1. The maximum Gasteiger partial charge on any atom is 0.424 e. The van der Waals surface area contributed by atoms with Gasteiger partial charge >= 0.3 is 25.1 Å². The number of ether oxygens (including phenoxy) is 2. The lowest BCUT2D eigenvalue weighted by molar-refractivity contribution is 0.0902. The van der Waals surface area contributed by atoms with Gasteiger partial charge in [0.2, 0.25) is 0 Å². The van der Waals surface area contributed by atoms with Crippen LogP contribution in [0.25, 0.3) is 16.8 Å². The second kappa shape index (κ2) is 9.52. The summed E-state index contributed by atoms with van der Waals surface area (Å²) >= 11 is 0. The number of carbonyl (C=O) groups is 1. The fourth-order valence-corrected chi connectivity index (χ4v) is 6.91. The number of hydrogen-bond donors (Lipinski definition) is 1. The molecule has 1 saturated heterocycles. The zero-order valence-electron chi connectivity index (χ0n) is 20.2. The molecule has 3 aromatic heterocycles. The van der Waals surface area contributed by atoms with Crippen LogP contribution in [0.1, 0.15) is 31.4 Å². The van der Waals surface area contributed by atoms with E-state index < -0.39 is 16.3 Å². The third kappa shape index (κ3) is 4.69. The minimum Gasteiger partial charge on any atom is -0.447 e. The first-order chi connectivity index (χ1) is 16.7. The van der Waals surface area contributed by atoms with E-state index in [4.69, 9.17) is 9.47 Å². The number of rotatable bonds is 9. The lowest BCUT2D eigenvalue weighted by Crippen LogP contribution is -2.45. The van der Waals surface area contributed by atoms with Gasteiger partial charge in [-0.25, -0.2) is 14.8 Å². The number of hydrogen-bond acceptors (Lipinski definition) is 7. The lowest BCUT2D eigenvalue weighted by Gasteiger charge is -2.18. The van der Waals surface area contributed by atoms with E-state index in [0.29, 0.717) is 19.6 Å². The smallest absolute Gasteiger partial charge is 0.424 e. The fraction of sp³-hybridized carbons (Fsp3) is 0.591. The van der Waals surface area contributed by atoms with Crippen LogP contribution in [0.4, 0.5) is 4.79 Å². The van der Waals surface area contributed by atoms with E-state index in [9.17, 15) is 13.2 Å². The number of aromatic nitrogens is 4. The fourth-order valence-electron chi connectivity index (χ4n) is 5.05. The van der Waals surface area contributed by atoms with Gasteiger partial charge in [0.05, 0.1) is 44.0 Å². The number of imidazole rings is 1. The highest BCUT2D eigenvalue weighted by atomic mass is 32.2. The normalized spacial score (nSPS) is 23.0. The summed E-state index contributed by atoms with van der Waals surface area (Å²) in [6, 6.07) is 2.85. The topological polar surface area (TPSA) is 120 Å². The Morgan fingerprint density at radius 2 is 2.09 bits per heavy atom. The first kappa shape index (κ1) is 24.2. The Morgan fingerprint density at radius 1 is 1.26 bits per heavy atom. The van der Waals surface area contributed by atoms with E-state index >= 15 is 0 Å². The zero-order chi connectivity index (χ0) is 24.7. The largest absolute Gasteiger partial charge is 0.447 e. The van der Waals surface area contributed by atoms with Crippen molar-refractivity contribution in [1.82, 2.24) is 28.0 Å². The molecular weight excluding hydrogens is 488 g/mol. The molecule has 4 heterocycles. The number of amides is 1. The zero-order valence-corrected chi connectivity index (χ0v) is 22.0. The van der Waals surface area contributed by atoms with Crippen molar-refractivity contribution in [1.29, 1.82) is 0 Å². The molecule has 1 aliphatic heterocycles. The van der Waals surface area contributed by atoms with Crippen molar-refractivity contribution >= 4 is 41.9 Å². The Labute approximate surface area is 206 Å². The highest BCUT2D eigenvalue weighted by Crippen LogP contribution is 2.40. The molecule has 0 spiro atoms. The molecule has 35 heavy (non-hydrogen) atoms. The van der Waals surface area contributed by atoms with Gasteiger partial charge in [0.1, 0.15) is 13.3 Å². The molecule has 3 aromatic rings. The van der Waals surface area contributed by atoms with Gasteiger partial charge in [-0.2, -0.15) is 17.4 Å². The van der Waals surface area contributed by atoms with Crippen LogP contribution < -0.4 is 4.72 Å². The summed E-state index contributed by atoms with van der Waals surface area (Å²) in [5.41, 5.74) is 3.56. The summed E-state index contributed by atoms with van der Waals surface area (Å²) in [4.78, 5) is 21.0. The van der Waals surface area contributed by atoms with Crippen LogP contribution in [0.5, 0.6) is 0 Å². The van der Waals surface area contributed by atoms with Crippen LogP contribution in [-0.4, -0.2) is 72.3 Å². The number of carbonyl (C=O) groups excluding carboxylic acids is 1. The quantitative estimate of drug-likeness (QED) is 0.341. The molecule has 0 bridgehead atoms. The summed E-state index contributed by atoms with van der Waals surface area (Å²) in [7, 11) is -4.25. The third-order valence-electron chi connectivity index (χ3n) is 6.84. The Bertz CT molecular complexity index is 1340. The second-order valence-electron chi connectivity index (χ2n) is 9.69. The third-order valence-corrected chi connectivity index (χ3v) is 9.59. The van der Waals surface area contributed by atoms with Crippen molar-refractivity contribution in [2.75, 3.05) is 19.8 Å². The van der Waals surface area contributed by atoms with E-state index in [1.165, 1.54) is 0 Å². The first-order valence-corrected chi connectivity index (χ1v) is 16.0. The Balaban J connectivity index is 1.36. The Hall–Kier alpha value is -2.48. The van der Waals surface area contributed by atoms with E-state index in [0.717, 1.165) is 39.5 Å². The van der Waals surface area contributed by atoms with E-state index in [1.807, 2.05) is 23.0 Å². The van der Waals surface area contributed by atoms with E-state index in [-0.39, 0.29) is 39.8 Å². The van der Waals surface area contributed by atoms with Crippen molar-refractivity contribution < 1.29 is 22.7 Å². The predicted octanol–water partition coefficient (Wildman–Crippen LogP) is 2.58. The number of nitrogens with zero attached hydrogens (tertiary/aromatic N) is 5. The summed E-state index contributed by atoms with van der Waals surface area (Å²) < 4.78 is 43.7. The van der Waals surface area contributed by atoms with Crippen LogP contribution in [0.2, 0.25) is 19.1 Å². The Morgan fingerprint density at radius 3 is 2.83 bits per heavy atom. The van der Waals surface area contributed by atoms with Crippen molar-refractivity contribution in [2.24, 2.45) is 5.92 Å². The summed E-state index contributed by atoms with van der Waals surface area (Å²) in [5, 5.41) is 0. The molecule has 1 N–H and O–H groups in total. The van der Waals surface area contributed by atoms with Crippen molar-refractivity contribution in [3.8, 4) is 0 Å². The molecule has 188 valence electrons. The maximum atomic E-state index is 12.7. The van der Waals surface area contributed by atoms with E-state index in [2.05, 4.69) is 39.1 Å². The summed E-state index contributed by atoms with van der Waals surface area (Å²) in [6.07, 6.45) is 6.07. The Kier molecular flexibility index (Phi) is 6.59. The van der Waals surface area contributed by atoms with Crippen LogP contribution in [0.15, 0.2) is 24.7 Å². The van der Waals surface area contributed by atoms with E-state index in [1.54, 1.807) is 6.20 Å². The van der Waals surface area contributed by atoms with Gasteiger partial charge in [0.25, 0.3) is 0 Å². The SMILES string of the molecule is CC1C[C@H](NS(=O)(=O)N2CCOC2=O)CC1c1cnc2cnc3c(ccn3COCC[Si+](C)C)n12. The molecule has 0 radical (unpaired) electrons.